The van der Waals surface area contributed by atoms with Gasteiger partial charge in [-0.1, -0.05) is 29.4 Å². The third-order valence-electron chi connectivity index (χ3n) is 4.06. The summed E-state index contributed by atoms with van der Waals surface area (Å²) in [6, 6.07) is 9.07. The molecule has 1 atom stereocenters. The van der Waals surface area contributed by atoms with Crippen molar-refractivity contribution in [3.05, 3.63) is 47.2 Å². The highest BCUT2D eigenvalue weighted by molar-refractivity contribution is 5.91. The molecule has 1 aliphatic heterocycles. The number of esters is 1. The van der Waals surface area contributed by atoms with Crippen LogP contribution in [0.2, 0.25) is 0 Å². The second-order valence-corrected chi connectivity index (χ2v) is 5.79. The highest BCUT2D eigenvalue weighted by atomic mass is 16.5. The molecule has 24 heavy (non-hydrogen) atoms. The maximum Gasteiger partial charge on any atom is 0.323 e. The van der Waals surface area contributed by atoms with Crippen LogP contribution < -0.4 is 5.32 Å². The molecule has 1 aromatic heterocycles. The van der Waals surface area contributed by atoms with Gasteiger partial charge < -0.3 is 14.6 Å². The number of hydrogen-bond acceptors (Lipinski definition) is 6. The van der Waals surface area contributed by atoms with Crippen molar-refractivity contribution in [3.8, 4) is 0 Å². The summed E-state index contributed by atoms with van der Waals surface area (Å²) in [5, 5.41) is 6.41. The quantitative estimate of drug-likeness (QED) is 0.856. The predicted octanol–water partition coefficient (Wildman–Crippen LogP) is 1.52. The number of methoxy groups -OCH3 is 1. The highest BCUT2D eigenvalue weighted by Gasteiger charge is 2.33. The molecule has 0 saturated carbocycles. The third kappa shape index (κ3) is 3.46. The van der Waals surface area contributed by atoms with Crippen LogP contribution in [0.25, 0.3) is 0 Å². The number of nitrogens with one attached hydrogen (secondary N) is 1. The van der Waals surface area contributed by atoms with Crippen molar-refractivity contribution < 1.29 is 18.8 Å². The molecule has 0 unspecified atom stereocenters. The minimum Gasteiger partial charge on any atom is -0.468 e. The SMILES string of the molecule is COC(=O)[C@H]1Cc2ccccc2CN1CC(=O)Nc1cc(C)on1. The maximum absolute atomic E-state index is 12.3. The number of ether oxygens (including phenoxy) is 1. The molecule has 0 saturated heterocycles. The lowest BCUT2D eigenvalue weighted by molar-refractivity contribution is -0.148. The zero-order valence-corrected chi connectivity index (χ0v) is 13.6. The number of rotatable bonds is 4. The molecule has 0 spiro atoms. The van der Waals surface area contributed by atoms with E-state index in [4.69, 9.17) is 9.26 Å². The molecule has 1 aromatic carbocycles. The summed E-state index contributed by atoms with van der Waals surface area (Å²) in [6.45, 7) is 2.33. The van der Waals surface area contributed by atoms with Crippen LogP contribution >= 0.6 is 0 Å². The Morgan fingerprint density at radius 2 is 2.12 bits per heavy atom. The zero-order valence-electron chi connectivity index (χ0n) is 13.6. The molecule has 1 aliphatic rings. The minimum atomic E-state index is -0.477. The number of aryl methyl sites for hydroxylation is 1. The second-order valence-electron chi connectivity index (χ2n) is 5.79. The van der Waals surface area contributed by atoms with Crippen molar-refractivity contribution in [1.29, 1.82) is 0 Å². The van der Waals surface area contributed by atoms with Crippen LogP contribution in [0.15, 0.2) is 34.9 Å². The van der Waals surface area contributed by atoms with Crippen molar-refractivity contribution in [2.45, 2.75) is 25.9 Å². The van der Waals surface area contributed by atoms with Gasteiger partial charge in [-0.3, -0.25) is 14.5 Å². The van der Waals surface area contributed by atoms with Gasteiger partial charge in [0, 0.05) is 12.6 Å². The number of fused-ring (bicyclic) bond motifs is 1. The van der Waals surface area contributed by atoms with Crippen LogP contribution in [0.3, 0.4) is 0 Å². The smallest absolute Gasteiger partial charge is 0.323 e. The van der Waals surface area contributed by atoms with E-state index < -0.39 is 6.04 Å². The van der Waals surface area contributed by atoms with E-state index in [1.165, 1.54) is 7.11 Å². The Morgan fingerprint density at radius 1 is 1.38 bits per heavy atom. The summed E-state index contributed by atoms with van der Waals surface area (Å²) in [5.41, 5.74) is 2.22. The fourth-order valence-corrected chi connectivity index (χ4v) is 2.90. The normalized spacial score (nSPS) is 17.2. The van der Waals surface area contributed by atoms with E-state index in [-0.39, 0.29) is 18.4 Å². The van der Waals surface area contributed by atoms with E-state index in [1.54, 1.807) is 13.0 Å². The third-order valence-corrected chi connectivity index (χ3v) is 4.06. The summed E-state index contributed by atoms with van der Waals surface area (Å²) >= 11 is 0. The molecule has 1 N–H and O–H groups in total. The van der Waals surface area contributed by atoms with E-state index in [1.807, 2.05) is 29.2 Å². The van der Waals surface area contributed by atoms with Gasteiger partial charge in [0.25, 0.3) is 0 Å². The molecule has 0 aliphatic carbocycles. The molecule has 3 rings (SSSR count). The number of carbonyl (C=O) groups excluding carboxylic acids is 2. The van der Waals surface area contributed by atoms with Crippen molar-refractivity contribution in [2.75, 3.05) is 19.0 Å². The second kappa shape index (κ2) is 6.84. The summed E-state index contributed by atoms with van der Waals surface area (Å²) < 4.78 is 9.82. The number of amides is 1. The Hall–Kier alpha value is -2.67. The molecule has 0 radical (unpaired) electrons. The van der Waals surface area contributed by atoms with Crippen LogP contribution in [0.5, 0.6) is 0 Å². The molecule has 7 heteroatoms. The van der Waals surface area contributed by atoms with Gasteiger partial charge in [-0.2, -0.15) is 0 Å². The molecule has 2 aromatic rings. The van der Waals surface area contributed by atoms with E-state index in [9.17, 15) is 9.59 Å². The summed E-state index contributed by atoms with van der Waals surface area (Å²) in [5.74, 6) is 0.389. The van der Waals surface area contributed by atoms with Gasteiger partial charge >= 0.3 is 5.97 Å². The van der Waals surface area contributed by atoms with Gasteiger partial charge in [-0.25, -0.2) is 0 Å². The maximum atomic E-state index is 12.3. The first-order valence-corrected chi connectivity index (χ1v) is 7.68. The van der Waals surface area contributed by atoms with E-state index in [2.05, 4.69) is 10.5 Å². The van der Waals surface area contributed by atoms with Crippen LogP contribution in [0.1, 0.15) is 16.9 Å². The molecule has 7 nitrogen and oxygen atoms in total. The van der Waals surface area contributed by atoms with E-state index >= 15 is 0 Å². The molecule has 2 heterocycles. The number of nitrogens with zero attached hydrogens (tertiary/aromatic N) is 2. The van der Waals surface area contributed by atoms with Crippen LogP contribution in [-0.4, -0.2) is 41.6 Å². The number of carbonyl (C=O) groups is 2. The number of anilines is 1. The van der Waals surface area contributed by atoms with E-state index in [0.717, 1.165) is 11.1 Å². The highest BCUT2D eigenvalue weighted by Crippen LogP contribution is 2.24. The summed E-state index contributed by atoms with van der Waals surface area (Å²) in [4.78, 5) is 26.2. The first-order valence-electron chi connectivity index (χ1n) is 7.68. The van der Waals surface area contributed by atoms with Gasteiger partial charge in [0.2, 0.25) is 5.91 Å². The summed E-state index contributed by atoms with van der Waals surface area (Å²) in [7, 11) is 1.36. The first-order chi connectivity index (χ1) is 11.6. The Labute approximate surface area is 139 Å². The lowest BCUT2D eigenvalue weighted by atomic mass is 9.94. The van der Waals surface area contributed by atoms with Gasteiger partial charge in [-0.05, 0) is 24.5 Å². The Bertz CT molecular complexity index is 756. The van der Waals surface area contributed by atoms with Gasteiger partial charge in [0.1, 0.15) is 11.8 Å². The predicted molar refractivity (Wildman–Crippen MR) is 86.2 cm³/mol. The fourth-order valence-electron chi connectivity index (χ4n) is 2.90. The molecule has 1 amide bonds. The van der Waals surface area contributed by atoms with Gasteiger partial charge in [0.15, 0.2) is 5.82 Å². The van der Waals surface area contributed by atoms with Crippen LogP contribution in [-0.2, 0) is 27.3 Å². The lowest BCUT2D eigenvalue weighted by Crippen LogP contribution is -2.49. The van der Waals surface area contributed by atoms with E-state index in [0.29, 0.717) is 24.5 Å². The topological polar surface area (TPSA) is 84.7 Å². The fraction of sp³-hybridized carbons (Fsp3) is 0.353. The van der Waals surface area contributed by atoms with Crippen LogP contribution in [0.4, 0.5) is 5.82 Å². The monoisotopic (exact) mass is 329 g/mol. The Morgan fingerprint density at radius 3 is 2.79 bits per heavy atom. The zero-order chi connectivity index (χ0) is 17.1. The van der Waals surface area contributed by atoms with Crippen molar-refractivity contribution >= 4 is 17.7 Å². The molecule has 0 bridgehead atoms. The number of benzene rings is 1. The molecule has 126 valence electrons. The number of hydrogen-bond donors (Lipinski definition) is 1. The first kappa shape index (κ1) is 16.2. The number of aromatic nitrogens is 1. The molecule has 0 fully saturated rings. The molecular formula is C17H19N3O4. The largest absolute Gasteiger partial charge is 0.468 e. The van der Waals surface area contributed by atoms with Crippen molar-refractivity contribution in [1.82, 2.24) is 10.1 Å². The average Bonchev–Trinajstić information content (AvgIpc) is 2.98. The standard InChI is InChI=1S/C17H19N3O4/c1-11-7-15(19-24-11)18-16(21)10-20-9-13-6-4-3-5-12(13)8-14(20)17(22)23-2/h3-7,14H,8-10H2,1-2H3,(H,18,19,21)/t14-/m1/s1. The van der Waals surface area contributed by atoms with Crippen molar-refractivity contribution in [3.63, 3.8) is 0 Å². The summed E-state index contributed by atoms with van der Waals surface area (Å²) in [6.07, 6.45) is 0.527. The minimum absolute atomic E-state index is 0.0695. The Kier molecular flexibility index (Phi) is 4.61. The average molecular weight is 329 g/mol. The van der Waals surface area contributed by atoms with Crippen LogP contribution in [0, 0.1) is 6.92 Å². The lowest BCUT2D eigenvalue weighted by Gasteiger charge is -2.34. The Balaban J connectivity index is 1.74. The van der Waals surface area contributed by atoms with Gasteiger partial charge in [-0.15, -0.1) is 0 Å². The molecular weight excluding hydrogens is 310 g/mol. The van der Waals surface area contributed by atoms with Crippen molar-refractivity contribution in [2.24, 2.45) is 0 Å². The van der Waals surface area contributed by atoms with Gasteiger partial charge in [0.05, 0.1) is 13.7 Å².